The minimum atomic E-state index is -0.256. The van der Waals surface area contributed by atoms with Crippen LogP contribution in [-0.2, 0) is 6.54 Å². The number of rotatable bonds is 5. The van der Waals surface area contributed by atoms with Gasteiger partial charge in [0.25, 0.3) is 0 Å². The maximum Gasteiger partial charge on any atom is 0.155 e. The molecule has 0 bridgehead atoms. The van der Waals surface area contributed by atoms with Gasteiger partial charge in [0, 0.05) is 18.3 Å². The largest absolute Gasteiger partial charge is 0.394 e. The molecule has 0 amide bonds. The van der Waals surface area contributed by atoms with E-state index in [0.717, 1.165) is 22.4 Å². The van der Waals surface area contributed by atoms with Crippen LogP contribution in [0.1, 0.15) is 26.0 Å². The third-order valence-corrected chi connectivity index (χ3v) is 3.68. The fourth-order valence-electron chi connectivity index (χ4n) is 1.64. The Kier molecular flexibility index (Phi) is 3.99. The highest BCUT2D eigenvalue weighted by Crippen LogP contribution is 2.13. The molecule has 2 heterocycles. The number of aliphatic hydroxyl groups is 1. The lowest BCUT2D eigenvalue weighted by molar-refractivity contribution is 0.168. The molecule has 0 spiro atoms. The van der Waals surface area contributed by atoms with Gasteiger partial charge in [0.05, 0.1) is 24.7 Å². The molecule has 0 fully saturated rings. The Labute approximate surface area is 114 Å². The van der Waals surface area contributed by atoms with E-state index >= 15 is 0 Å². The van der Waals surface area contributed by atoms with Gasteiger partial charge in [-0.25, -0.2) is 9.97 Å². The smallest absolute Gasteiger partial charge is 0.155 e. The Morgan fingerprint density at radius 1 is 1.44 bits per heavy atom. The van der Waals surface area contributed by atoms with E-state index in [1.54, 1.807) is 6.20 Å². The predicted octanol–water partition coefficient (Wildman–Crippen LogP) is 1.74. The Bertz CT molecular complexity index is 536. The van der Waals surface area contributed by atoms with Gasteiger partial charge < -0.3 is 10.4 Å². The number of aliphatic hydroxyl groups excluding tert-OH is 1. The summed E-state index contributed by atoms with van der Waals surface area (Å²) in [7, 11) is 0. The second kappa shape index (κ2) is 5.34. The molecule has 2 aromatic rings. The summed E-state index contributed by atoms with van der Waals surface area (Å²) in [5.41, 5.74) is 1.60. The molecule has 1 atom stereocenters. The van der Waals surface area contributed by atoms with Gasteiger partial charge in [0.15, 0.2) is 5.65 Å². The van der Waals surface area contributed by atoms with Crippen LogP contribution in [0.4, 0.5) is 0 Å². The third-order valence-electron chi connectivity index (χ3n) is 3.27. The van der Waals surface area contributed by atoms with Gasteiger partial charge >= 0.3 is 0 Å². The molecule has 6 heteroatoms. The first kappa shape index (κ1) is 13.5. The Hall–Kier alpha value is -0.980. The maximum absolute atomic E-state index is 9.37. The molecule has 5 nitrogen and oxygen atoms in total. The molecule has 0 saturated carbocycles. The van der Waals surface area contributed by atoms with Gasteiger partial charge in [0.2, 0.25) is 0 Å². The second-order valence-electron chi connectivity index (χ2n) is 4.61. The molecule has 98 valence electrons. The van der Waals surface area contributed by atoms with E-state index < -0.39 is 0 Å². The number of aromatic nitrogens is 3. The minimum Gasteiger partial charge on any atom is -0.394 e. The Balaban J connectivity index is 2.19. The van der Waals surface area contributed by atoms with Crippen molar-refractivity contribution in [2.75, 3.05) is 6.61 Å². The van der Waals surface area contributed by atoms with Crippen LogP contribution in [0.25, 0.3) is 5.65 Å². The first-order valence-corrected chi connectivity index (χ1v) is 6.70. The van der Waals surface area contributed by atoms with E-state index in [9.17, 15) is 5.11 Å². The Morgan fingerprint density at radius 3 is 2.89 bits per heavy atom. The van der Waals surface area contributed by atoms with Crippen LogP contribution in [0, 0.1) is 0 Å². The van der Waals surface area contributed by atoms with Gasteiger partial charge in [-0.2, -0.15) is 0 Å². The average Bonchev–Trinajstić information content (AvgIpc) is 2.78. The highest BCUT2D eigenvalue weighted by atomic mass is 79.9. The molecular weight excluding hydrogens is 296 g/mol. The number of hydrogen-bond donors (Lipinski definition) is 2. The zero-order valence-electron chi connectivity index (χ0n) is 10.5. The zero-order valence-corrected chi connectivity index (χ0v) is 12.1. The fourth-order valence-corrected chi connectivity index (χ4v) is 1.95. The maximum atomic E-state index is 9.37. The number of nitrogens with zero attached hydrogens (tertiary/aromatic N) is 3. The number of fused-ring (bicyclic) bond motifs is 1. The SMILES string of the molecule is CCC(C)(CO)NCc1cnc2cnc(Br)cn12. The van der Waals surface area contributed by atoms with E-state index in [2.05, 4.69) is 38.1 Å². The topological polar surface area (TPSA) is 62.5 Å². The lowest BCUT2D eigenvalue weighted by Crippen LogP contribution is -2.44. The standard InChI is InChI=1S/C12H17BrN4O/c1-3-12(2,8-18)16-5-9-4-15-11-6-14-10(13)7-17(9)11/h4,6-7,16,18H,3,5,8H2,1-2H3. The lowest BCUT2D eigenvalue weighted by atomic mass is 10.0. The molecule has 0 saturated heterocycles. The molecule has 0 aliphatic heterocycles. The molecular formula is C12H17BrN4O. The quantitative estimate of drug-likeness (QED) is 0.883. The summed E-state index contributed by atoms with van der Waals surface area (Å²) in [5.74, 6) is 0. The summed E-state index contributed by atoms with van der Waals surface area (Å²) in [6.45, 7) is 4.83. The summed E-state index contributed by atoms with van der Waals surface area (Å²) in [6.07, 6.45) is 6.30. The van der Waals surface area contributed by atoms with Gasteiger partial charge in [-0.15, -0.1) is 0 Å². The summed E-state index contributed by atoms with van der Waals surface area (Å²) >= 11 is 3.35. The van der Waals surface area contributed by atoms with E-state index in [4.69, 9.17) is 0 Å². The summed E-state index contributed by atoms with van der Waals surface area (Å²) < 4.78 is 2.76. The van der Waals surface area contributed by atoms with Crippen molar-refractivity contribution in [1.29, 1.82) is 0 Å². The molecule has 0 aliphatic carbocycles. The van der Waals surface area contributed by atoms with Gasteiger partial charge in [-0.3, -0.25) is 4.40 Å². The van der Waals surface area contributed by atoms with Crippen LogP contribution in [0.5, 0.6) is 0 Å². The van der Waals surface area contributed by atoms with Crippen molar-refractivity contribution in [1.82, 2.24) is 19.7 Å². The van der Waals surface area contributed by atoms with Crippen LogP contribution < -0.4 is 5.32 Å². The molecule has 2 aromatic heterocycles. The van der Waals surface area contributed by atoms with E-state index in [-0.39, 0.29) is 12.1 Å². The monoisotopic (exact) mass is 312 g/mol. The van der Waals surface area contributed by atoms with Gasteiger partial charge in [-0.1, -0.05) is 6.92 Å². The van der Waals surface area contributed by atoms with Crippen LogP contribution >= 0.6 is 15.9 Å². The average molecular weight is 313 g/mol. The minimum absolute atomic E-state index is 0.117. The van der Waals surface area contributed by atoms with Crippen LogP contribution in [0.3, 0.4) is 0 Å². The van der Waals surface area contributed by atoms with Crippen LogP contribution in [0.2, 0.25) is 0 Å². The number of imidazole rings is 1. The number of hydrogen-bond acceptors (Lipinski definition) is 4. The summed E-state index contributed by atoms with van der Waals surface area (Å²) in [4.78, 5) is 8.42. The molecule has 0 radical (unpaired) electrons. The first-order chi connectivity index (χ1) is 8.58. The molecule has 1 unspecified atom stereocenters. The Morgan fingerprint density at radius 2 is 2.22 bits per heavy atom. The molecule has 2 N–H and O–H groups in total. The van der Waals surface area contributed by atoms with Crippen molar-refractivity contribution in [3.63, 3.8) is 0 Å². The molecule has 0 aromatic carbocycles. The summed E-state index contributed by atoms with van der Waals surface area (Å²) in [6, 6.07) is 0. The van der Waals surface area contributed by atoms with Gasteiger partial charge in [-0.05, 0) is 29.3 Å². The highest BCUT2D eigenvalue weighted by Gasteiger charge is 2.20. The fraction of sp³-hybridized carbons (Fsp3) is 0.500. The second-order valence-corrected chi connectivity index (χ2v) is 5.43. The van der Waals surface area contributed by atoms with Crippen molar-refractivity contribution in [2.24, 2.45) is 0 Å². The zero-order chi connectivity index (χ0) is 13.2. The van der Waals surface area contributed by atoms with Crippen molar-refractivity contribution >= 4 is 21.6 Å². The van der Waals surface area contributed by atoms with Crippen LogP contribution in [0.15, 0.2) is 23.2 Å². The first-order valence-electron chi connectivity index (χ1n) is 5.91. The third kappa shape index (κ3) is 2.71. The molecule has 18 heavy (non-hydrogen) atoms. The van der Waals surface area contributed by atoms with Crippen molar-refractivity contribution in [3.05, 3.63) is 28.9 Å². The van der Waals surface area contributed by atoms with Gasteiger partial charge in [0.1, 0.15) is 4.60 Å². The lowest BCUT2D eigenvalue weighted by Gasteiger charge is -2.27. The number of halogens is 1. The summed E-state index contributed by atoms with van der Waals surface area (Å²) in [5, 5.41) is 12.7. The van der Waals surface area contributed by atoms with E-state index in [1.165, 1.54) is 0 Å². The molecule has 2 rings (SSSR count). The van der Waals surface area contributed by atoms with E-state index in [1.807, 2.05) is 23.7 Å². The number of nitrogens with one attached hydrogen (secondary N) is 1. The highest BCUT2D eigenvalue weighted by molar-refractivity contribution is 9.10. The molecule has 0 aliphatic rings. The predicted molar refractivity (Wildman–Crippen MR) is 73.3 cm³/mol. The van der Waals surface area contributed by atoms with E-state index in [0.29, 0.717) is 6.54 Å². The van der Waals surface area contributed by atoms with Crippen molar-refractivity contribution in [2.45, 2.75) is 32.4 Å². The normalized spacial score (nSPS) is 14.9. The van der Waals surface area contributed by atoms with Crippen molar-refractivity contribution < 1.29 is 5.11 Å². The van der Waals surface area contributed by atoms with Crippen LogP contribution in [-0.4, -0.2) is 31.6 Å². The van der Waals surface area contributed by atoms with Crippen molar-refractivity contribution in [3.8, 4) is 0 Å².